The van der Waals surface area contributed by atoms with Crippen molar-refractivity contribution in [3.63, 3.8) is 0 Å². The van der Waals surface area contributed by atoms with Crippen LogP contribution in [0.5, 0.6) is 0 Å². The van der Waals surface area contributed by atoms with Crippen LogP contribution < -0.4 is 5.32 Å². The molecule has 0 radical (unpaired) electrons. The normalized spacial score (nSPS) is 15.1. The average molecular weight is 302 g/mol. The van der Waals surface area contributed by atoms with Crippen molar-refractivity contribution in [2.45, 2.75) is 44.6 Å². The summed E-state index contributed by atoms with van der Waals surface area (Å²) in [5.74, 6) is 0.882. The SMILES string of the molecule is O=C(CCc1ncc(-c2ccc(F)cc2)o1)NC1CCCC1. The predicted molar refractivity (Wildman–Crippen MR) is 80.6 cm³/mol. The van der Waals surface area contributed by atoms with Gasteiger partial charge in [-0.05, 0) is 37.1 Å². The van der Waals surface area contributed by atoms with Gasteiger partial charge in [0.1, 0.15) is 5.82 Å². The smallest absolute Gasteiger partial charge is 0.220 e. The topological polar surface area (TPSA) is 55.1 Å². The van der Waals surface area contributed by atoms with Crippen molar-refractivity contribution in [3.8, 4) is 11.3 Å². The maximum Gasteiger partial charge on any atom is 0.220 e. The van der Waals surface area contributed by atoms with Gasteiger partial charge in [0.15, 0.2) is 11.7 Å². The Kier molecular flexibility index (Phi) is 4.51. The second-order valence-corrected chi connectivity index (χ2v) is 5.67. The fourth-order valence-electron chi connectivity index (χ4n) is 2.76. The van der Waals surface area contributed by atoms with Gasteiger partial charge in [-0.1, -0.05) is 12.8 Å². The van der Waals surface area contributed by atoms with E-state index in [1.165, 1.54) is 25.0 Å². The molecule has 0 unspecified atom stereocenters. The number of nitrogens with one attached hydrogen (secondary N) is 1. The Labute approximate surface area is 128 Å². The molecule has 4 nitrogen and oxygen atoms in total. The molecule has 22 heavy (non-hydrogen) atoms. The van der Waals surface area contributed by atoms with Crippen LogP contribution in [-0.2, 0) is 11.2 Å². The maximum absolute atomic E-state index is 12.9. The van der Waals surface area contributed by atoms with E-state index in [1.54, 1.807) is 18.3 Å². The molecular formula is C17H19FN2O2. The van der Waals surface area contributed by atoms with Crippen LogP contribution in [0.2, 0.25) is 0 Å². The molecule has 1 amide bonds. The first-order valence-electron chi connectivity index (χ1n) is 7.71. The van der Waals surface area contributed by atoms with Crippen molar-refractivity contribution in [1.29, 1.82) is 0 Å². The number of hydrogen-bond donors (Lipinski definition) is 1. The molecule has 1 fully saturated rings. The number of aromatic nitrogens is 1. The number of amides is 1. The molecule has 1 heterocycles. The highest BCUT2D eigenvalue weighted by Gasteiger charge is 2.17. The second-order valence-electron chi connectivity index (χ2n) is 5.67. The zero-order valence-electron chi connectivity index (χ0n) is 12.3. The van der Waals surface area contributed by atoms with Crippen molar-refractivity contribution >= 4 is 5.91 Å². The lowest BCUT2D eigenvalue weighted by atomic mass is 10.2. The Morgan fingerprint density at radius 2 is 2.00 bits per heavy atom. The Morgan fingerprint density at radius 1 is 1.27 bits per heavy atom. The van der Waals surface area contributed by atoms with Crippen LogP contribution in [0.4, 0.5) is 4.39 Å². The fraction of sp³-hybridized carbons (Fsp3) is 0.412. The first-order valence-corrected chi connectivity index (χ1v) is 7.71. The summed E-state index contributed by atoms with van der Waals surface area (Å²) in [6.45, 7) is 0. The van der Waals surface area contributed by atoms with E-state index in [-0.39, 0.29) is 11.7 Å². The molecule has 2 aromatic rings. The van der Waals surface area contributed by atoms with Crippen LogP contribution in [0.15, 0.2) is 34.9 Å². The number of carbonyl (C=O) groups excluding carboxylic acids is 1. The van der Waals surface area contributed by atoms with Gasteiger partial charge in [0, 0.05) is 24.4 Å². The minimum atomic E-state index is -0.285. The fourth-order valence-corrected chi connectivity index (χ4v) is 2.76. The minimum absolute atomic E-state index is 0.0495. The Hall–Kier alpha value is -2.17. The standard InChI is InChI=1S/C17H19FN2O2/c18-13-7-5-12(6-8-13)15-11-19-17(22-15)10-9-16(21)20-14-3-1-2-4-14/h5-8,11,14H,1-4,9-10H2,(H,20,21). The minimum Gasteiger partial charge on any atom is -0.441 e. The summed E-state index contributed by atoms with van der Waals surface area (Å²) in [4.78, 5) is 16.0. The zero-order chi connectivity index (χ0) is 15.4. The molecule has 0 aliphatic heterocycles. The first kappa shape index (κ1) is 14.8. The van der Waals surface area contributed by atoms with E-state index in [0.29, 0.717) is 30.5 Å². The molecule has 1 N–H and O–H groups in total. The van der Waals surface area contributed by atoms with E-state index >= 15 is 0 Å². The zero-order valence-corrected chi connectivity index (χ0v) is 12.3. The summed E-state index contributed by atoms with van der Waals surface area (Å²) in [5, 5.41) is 3.04. The van der Waals surface area contributed by atoms with Crippen LogP contribution >= 0.6 is 0 Å². The first-order chi connectivity index (χ1) is 10.7. The van der Waals surface area contributed by atoms with Crippen LogP contribution in [0.1, 0.15) is 38.0 Å². The average Bonchev–Trinajstić information content (AvgIpc) is 3.17. The quantitative estimate of drug-likeness (QED) is 0.920. The second kappa shape index (κ2) is 6.73. The number of oxazole rings is 1. The van der Waals surface area contributed by atoms with Gasteiger partial charge in [0.25, 0.3) is 0 Å². The third-order valence-corrected chi connectivity index (χ3v) is 3.97. The van der Waals surface area contributed by atoms with E-state index in [4.69, 9.17) is 4.42 Å². The van der Waals surface area contributed by atoms with Gasteiger partial charge in [-0.15, -0.1) is 0 Å². The van der Waals surface area contributed by atoms with Crippen LogP contribution in [0.25, 0.3) is 11.3 Å². The van der Waals surface area contributed by atoms with Gasteiger partial charge in [0.2, 0.25) is 5.91 Å². The summed E-state index contributed by atoms with van der Waals surface area (Å²) in [6.07, 6.45) is 7.02. The number of hydrogen-bond acceptors (Lipinski definition) is 3. The molecule has 0 saturated heterocycles. The van der Waals surface area contributed by atoms with Crippen molar-refractivity contribution in [2.75, 3.05) is 0 Å². The summed E-state index contributed by atoms with van der Waals surface area (Å²) in [5.41, 5.74) is 0.774. The molecule has 116 valence electrons. The highest BCUT2D eigenvalue weighted by atomic mass is 19.1. The van der Waals surface area contributed by atoms with Gasteiger partial charge in [0.05, 0.1) is 6.20 Å². The Balaban J connectivity index is 1.53. The van der Waals surface area contributed by atoms with E-state index in [0.717, 1.165) is 18.4 Å². The Morgan fingerprint density at radius 3 is 2.73 bits per heavy atom. The lowest BCUT2D eigenvalue weighted by Gasteiger charge is -2.10. The molecule has 1 aromatic carbocycles. The lowest BCUT2D eigenvalue weighted by Crippen LogP contribution is -2.32. The molecule has 1 saturated carbocycles. The number of carbonyl (C=O) groups is 1. The number of halogens is 1. The van der Waals surface area contributed by atoms with Crippen molar-refractivity contribution in [2.24, 2.45) is 0 Å². The third kappa shape index (κ3) is 3.72. The Bertz CT molecular complexity index is 630. The number of nitrogens with zero attached hydrogens (tertiary/aromatic N) is 1. The van der Waals surface area contributed by atoms with Gasteiger partial charge in [-0.2, -0.15) is 0 Å². The number of aryl methyl sites for hydroxylation is 1. The molecule has 5 heteroatoms. The summed E-state index contributed by atoms with van der Waals surface area (Å²) >= 11 is 0. The molecule has 1 aliphatic carbocycles. The summed E-state index contributed by atoms with van der Waals surface area (Å²) in [7, 11) is 0. The van der Waals surface area contributed by atoms with E-state index in [9.17, 15) is 9.18 Å². The van der Waals surface area contributed by atoms with Crippen molar-refractivity contribution in [1.82, 2.24) is 10.3 Å². The van der Waals surface area contributed by atoms with Gasteiger partial charge in [-0.25, -0.2) is 9.37 Å². The molecule has 0 spiro atoms. The molecular weight excluding hydrogens is 283 g/mol. The van der Waals surface area contributed by atoms with Crippen LogP contribution in [0, 0.1) is 5.82 Å². The van der Waals surface area contributed by atoms with Crippen molar-refractivity contribution in [3.05, 3.63) is 42.2 Å². The highest BCUT2D eigenvalue weighted by Crippen LogP contribution is 2.21. The van der Waals surface area contributed by atoms with E-state index in [1.807, 2.05) is 0 Å². The largest absolute Gasteiger partial charge is 0.441 e. The lowest BCUT2D eigenvalue weighted by molar-refractivity contribution is -0.121. The number of benzene rings is 1. The third-order valence-electron chi connectivity index (χ3n) is 3.97. The molecule has 0 atom stereocenters. The van der Waals surface area contributed by atoms with Gasteiger partial charge >= 0.3 is 0 Å². The monoisotopic (exact) mass is 302 g/mol. The summed E-state index contributed by atoms with van der Waals surface area (Å²) < 4.78 is 18.5. The van der Waals surface area contributed by atoms with E-state index < -0.39 is 0 Å². The van der Waals surface area contributed by atoms with Gasteiger partial charge < -0.3 is 9.73 Å². The molecule has 1 aliphatic rings. The molecule has 1 aromatic heterocycles. The predicted octanol–water partition coefficient (Wildman–Crippen LogP) is 3.47. The van der Waals surface area contributed by atoms with E-state index in [2.05, 4.69) is 10.3 Å². The summed E-state index contributed by atoms with van der Waals surface area (Å²) in [6, 6.07) is 6.39. The number of rotatable bonds is 5. The molecule has 3 rings (SSSR count). The van der Waals surface area contributed by atoms with Crippen LogP contribution in [-0.4, -0.2) is 16.9 Å². The maximum atomic E-state index is 12.9. The van der Waals surface area contributed by atoms with Crippen LogP contribution in [0.3, 0.4) is 0 Å². The molecule has 0 bridgehead atoms. The van der Waals surface area contributed by atoms with Crippen molar-refractivity contribution < 1.29 is 13.6 Å². The van der Waals surface area contributed by atoms with Gasteiger partial charge in [-0.3, -0.25) is 4.79 Å². The highest BCUT2D eigenvalue weighted by molar-refractivity contribution is 5.76.